The van der Waals surface area contributed by atoms with Crippen molar-refractivity contribution in [2.24, 2.45) is 0 Å². The second kappa shape index (κ2) is 7.65. The maximum Gasteiger partial charge on any atom is 0.238 e. The minimum Gasteiger partial charge on any atom is -0.490 e. The van der Waals surface area contributed by atoms with Gasteiger partial charge in [-0.15, -0.1) is 0 Å². The molecule has 1 aliphatic rings. The number of hydrogen-bond donors (Lipinski definition) is 2. The molecule has 0 atom stereocenters. The number of anilines is 1. The number of ether oxygens (including phenoxy) is 1. The first-order chi connectivity index (χ1) is 12.0. The second-order valence-electron chi connectivity index (χ2n) is 6.59. The summed E-state index contributed by atoms with van der Waals surface area (Å²) in [6, 6.07) is 1.91. The molecule has 0 aliphatic carbocycles. The average Bonchev–Trinajstić information content (AvgIpc) is 2.90. The number of hydrogen-bond acceptors (Lipinski definition) is 5. The Morgan fingerprint density at radius 3 is 2.76 bits per heavy atom. The molecule has 1 fully saturated rings. The Balaban J connectivity index is 1.46. The SMILES string of the molecule is Cc1cnccc1OC1CCN(CC(=O)Nc2c(C)n[nH]c2C)CC1. The molecular weight excluding hydrogens is 318 g/mol. The van der Waals surface area contributed by atoms with E-state index in [-0.39, 0.29) is 12.0 Å². The number of aromatic nitrogens is 3. The number of piperidine rings is 1. The Morgan fingerprint density at radius 2 is 2.12 bits per heavy atom. The lowest BCUT2D eigenvalue weighted by Gasteiger charge is -2.31. The zero-order valence-electron chi connectivity index (χ0n) is 15.0. The van der Waals surface area contributed by atoms with Crippen molar-refractivity contribution < 1.29 is 9.53 Å². The van der Waals surface area contributed by atoms with Crippen LogP contribution >= 0.6 is 0 Å². The van der Waals surface area contributed by atoms with E-state index in [0.29, 0.717) is 6.54 Å². The summed E-state index contributed by atoms with van der Waals surface area (Å²) >= 11 is 0. The van der Waals surface area contributed by atoms with Gasteiger partial charge in [-0.1, -0.05) is 0 Å². The molecule has 1 saturated heterocycles. The Hall–Kier alpha value is -2.41. The van der Waals surface area contributed by atoms with Crippen LogP contribution in [0.25, 0.3) is 0 Å². The second-order valence-corrected chi connectivity index (χ2v) is 6.59. The quantitative estimate of drug-likeness (QED) is 0.870. The van der Waals surface area contributed by atoms with Crippen molar-refractivity contribution in [2.45, 2.75) is 39.7 Å². The zero-order chi connectivity index (χ0) is 17.8. The highest BCUT2D eigenvalue weighted by Crippen LogP contribution is 2.22. The van der Waals surface area contributed by atoms with Crippen LogP contribution in [0.5, 0.6) is 5.75 Å². The molecule has 2 aromatic heterocycles. The summed E-state index contributed by atoms with van der Waals surface area (Å²) < 4.78 is 6.08. The van der Waals surface area contributed by atoms with Gasteiger partial charge in [0.15, 0.2) is 0 Å². The van der Waals surface area contributed by atoms with Crippen molar-refractivity contribution in [3.63, 3.8) is 0 Å². The Labute approximate surface area is 147 Å². The van der Waals surface area contributed by atoms with Crippen molar-refractivity contribution in [1.29, 1.82) is 0 Å². The van der Waals surface area contributed by atoms with Crippen molar-refractivity contribution in [3.8, 4) is 5.75 Å². The van der Waals surface area contributed by atoms with Crippen LogP contribution in [0.4, 0.5) is 5.69 Å². The first-order valence-corrected chi connectivity index (χ1v) is 8.64. The Morgan fingerprint density at radius 1 is 1.36 bits per heavy atom. The van der Waals surface area contributed by atoms with Crippen molar-refractivity contribution in [3.05, 3.63) is 35.4 Å². The maximum absolute atomic E-state index is 12.3. The molecule has 2 N–H and O–H groups in total. The van der Waals surface area contributed by atoms with Crippen LogP contribution in [-0.2, 0) is 4.79 Å². The molecule has 7 heteroatoms. The monoisotopic (exact) mass is 343 g/mol. The first-order valence-electron chi connectivity index (χ1n) is 8.64. The fourth-order valence-electron chi connectivity index (χ4n) is 3.07. The summed E-state index contributed by atoms with van der Waals surface area (Å²) in [7, 11) is 0. The fourth-order valence-corrected chi connectivity index (χ4v) is 3.07. The third-order valence-electron chi connectivity index (χ3n) is 4.56. The smallest absolute Gasteiger partial charge is 0.238 e. The number of nitrogens with one attached hydrogen (secondary N) is 2. The number of H-pyrrole nitrogens is 1. The molecule has 1 amide bonds. The Kier molecular flexibility index (Phi) is 5.33. The molecule has 0 saturated carbocycles. The number of amides is 1. The van der Waals surface area contributed by atoms with Gasteiger partial charge in [0.2, 0.25) is 5.91 Å². The topological polar surface area (TPSA) is 83.1 Å². The van der Waals surface area contributed by atoms with Gasteiger partial charge in [0.05, 0.1) is 23.6 Å². The predicted molar refractivity (Wildman–Crippen MR) is 95.8 cm³/mol. The lowest BCUT2D eigenvalue weighted by Crippen LogP contribution is -2.42. The number of carbonyl (C=O) groups is 1. The summed E-state index contributed by atoms with van der Waals surface area (Å²) in [6.07, 6.45) is 5.59. The predicted octanol–water partition coefficient (Wildman–Crippen LogP) is 2.21. The van der Waals surface area contributed by atoms with Gasteiger partial charge in [0, 0.05) is 31.0 Å². The van der Waals surface area contributed by atoms with Crippen LogP contribution in [0.2, 0.25) is 0 Å². The highest BCUT2D eigenvalue weighted by atomic mass is 16.5. The minimum atomic E-state index is -0.00283. The summed E-state index contributed by atoms with van der Waals surface area (Å²) in [6.45, 7) is 7.88. The van der Waals surface area contributed by atoms with E-state index in [1.807, 2.05) is 33.0 Å². The number of rotatable bonds is 5. The Bertz CT molecular complexity index is 715. The molecule has 3 rings (SSSR count). The lowest BCUT2D eigenvalue weighted by atomic mass is 10.1. The van der Waals surface area contributed by atoms with E-state index in [4.69, 9.17) is 4.74 Å². The summed E-state index contributed by atoms with van der Waals surface area (Å²) in [5.41, 5.74) is 3.53. The van der Waals surface area contributed by atoms with Crippen LogP contribution in [0.15, 0.2) is 18.5 Å². The molecule has 7 nitrogen and oxygen atoms in total. The maximum atomic E-state index is 12.3. The van der Waals surface area contributed by atoms with Gasteiger partial charge < -0.3 is 10.1 Å². The van der Waals surface area contributed by atoms with Crippen LogP contribution in [0, 0.1) is 20.8 Å². The normalized spacial score (nSPS) is 16.0. The number of carbonyl (C=O) groups excluding carboxylic acids is 1. The van der Waals surface area contributed by atoms with Gasteiger partial charge in [-0.2, -0.15) is 5.10 Å². The van der Waals surface area contributed by atoms with Crippen LogP contribution in [-0.4, -0.2) is 51.7 Å². The van der Waals surface area contributed by atoms with Crippen LogP contribution < -0.4 is 10.1 Å². The molecule has 1 aliphatic heterocycles. The first kappa shape index (κ1) is 17.4. The third kappa shape index (κ3) is 4.36. The van der Waals surface area contributed by atoms with Crippen molar-refractivity contribution >= 4 is 11.6 Å². The van der Waals surface area contributed by atoms with Gasteiger partial charge in [-0.25, -0.2) is 0 Å². The lowest BCUT2D eigenvalue weighted by molar-refractivity contribution is -0.117. The summed E-state index contributed by atoms with van der Waals surface area (Å²) in [5.74, 6) is 0.897. The highest BCUT2D eigenvalue weighted by molar-refractivity contribution is 5.93. The van der Waals surface area contributed by atoms with Gasteiger partial charge in [0.25, 0.3) is 0 Å². The highest BCUT2D eigenvalue weighted by Gasteiger charge is 2.23. The number of aryl methyl sites for hydroxylation is 3. The number of pyridine rings is 1. The molecule has 0 bridgehead atoms. The van der Waals surface area contributed by atoms with E-state index in [1.54, 1.807) is 6.20 Å². The molecule has 0 aromatic carbocycles. The van der Waals surface area contributed by atoms with E-state index in [9.17, 15) is 4.79 Å². The van der Waals surface area contributed by atoms with E-state index in [2.05, 4.69) is 25.4 Å². The summed E-state index contributed by atoms with van der Waals surface area (Å²) in [5, 5.41) is 9.93. The van der Waals surface area contributed by atoms with E-state index in [1.165, 1.54) is 0 Å². The van der Waals surface area contributed by atoms with E-state index in [0.717, 1.165) is 54.3 Å². The molecular formula is C18H25N5O2. The largest absolute Gasteiger partial charge is 0.490 e. The van der Waals surface area contributed by atoms with Crippen molar-refractivity contribution in [2.75, 3.05) is 25.0 Å². The van der Waals surface area contributed by atoms with Gasteiger partial charge in [-0.3, -0.25) is 19.8 Å². The average molecular weight is 343 g/mol. The minimum absolute atomic E-state index is 0.00283. The van der Waals surface area contributed by atoms with Gasteiger partial charge in [-0.05, 0) is 39.7 Å². The standard InChI is InChI=1S/C18H25N5O2/c1-12-10-19-7-4-16(12)25-15-5-8-23(9-6-15)11-17(24)20-18-13(2)21-22-14(18)3/h4,7,10,15H,5-6,8-9,11H2,1-3H3,(H,20,24)(H,21,22). The zero-order valence-corrected chi connectivity index (χ0v) is 15.0. The van der Waals surface area contributed by atoms with E-state index >= 15 is 0 Å². The fraction of sp³-hybridized carbons (Fsp3) is 0.500. The number of aromatic amines is 1. The van der Waals surface area contributed by atoms with Gasteiger partial charge in [0.1, 0.15) is 11.9 Å². The molecule has 0 unspecified atom stereocenters. The van der Waals surface area contributed by atoms with E-state index < -0.39 is 0 Å². The molecule has 134 valence electrons. The molecule has 2 aromatic rings. The summed E-state index contributed by atoms with van der Waals surface area (Å²) in [4.78, 5) is 18.5. The van der Waals surface area contributed by atoms with Crippen molar-refractivity contribution in [1.82, 2.24) is 20.1 Å². The third-order valence-corrected chi connectivity index (χ3v) is 4.56. The molecule has 0 radical (unpaired) electrons. The molecule has 3 heterocycles. The number of likely N-dealkylation sites (tertiary alicyclic amines) is 1. The van der Waals surface area contributed by atoms with Crippen LogP contribution in [0.3, 0.4) is 0 Å². The van der Waals surface area contributed by atoms with Crippen LogP contribution in [0.1, 0.15) is 29.8 Å². The van der Waals surface area contributed by atoms with Gasteiger partial charge >= 0.3 is 0 Å². The number of nitrogens with zero attached hydrogens (tertiary/aromatic N) is 3. The molecule has 0 spiro atoms. The molecule has 25 heavy (non-hydrogen) atoms.